The second-order valence-corrected chi connectivity index (χ2v) is 6.41. The molecule has 0 fully saturated rings. The minimum atomic E-state index is -0.0690. The van der Waals surface area contributed by atoms with Gasteiger partial charge >= 0.3 is 6.03 Å². The monoisotopic (exact) mass is 326 g/mol. The Labute approximate surface area is 144 Å². The third-order valence-corrected chi connectivity index (χ3v) is 3.87. The molecule has 0 aliphatic carbocycles. The summed E-state index contributed by atoms with van der Waals surface area (Å²) < 4.78 is 0. The molecule has 128 valence electrons. The van der Waals surface area contributed by atoms with Crippen LogP contribution in [0, 0.1) is 5.92 Å². The number of aromatic nitrogens is 2. The van der Waals surface area contributed by atoms with Crippen molar-refractivity contribution in [3.05, 3.63) is 60.2 Å². The van der Waals surface area contributed by atoms with Gasteiger partial charge in [0.1, 0.15) is 0 Å². The van der Waals surface area contributed by atoms with Crippen LogP contribution >= 0.6 is 0 Å². The van der Waals surface area contributed by atoms with E-state index in [0.717, 1.165) is 24.1 Å². The maximum absolute atomic E-state index is 12.5. The highest BCUT2D eigenvalue weighted by Crippen LogP contribution is 2.20. The molecule has 1 unspecified atom stereocenters. The first-order chi connectivity index (χ1) is 11.6. The molecule has 0 radical (unpaired) electrons. The van der Waals surface area contributed by atoms with E-state index in [1.54, 1.807) is 17.3 Å². The predicted octanol–water partition coefficient (Wildman–Crippen LogP) is 3.45. The van der Waals surface area contributed by atoms with Crippen LogP contribution in [-0.2, 0) is 6.42 Å². The van der Waals surface area contributed by atoms with Crippen LogP contribution in [-0.4, -0.2) is 34.5 Å². The number of hydrogen-bond donors (Lipinski definition) is 1. The van der Waals surface area contributed by atoms with Gasteiger partial charge in [-0.1, -0.05) is 26.0 Å². The van der Waals surface area contributed by atoms with Crippen molar-refractivity contribution in [2.45, 2.75) is 32.7 Å². The molecule has 0 aliphatic heterocycles. The number of likely N-dealkylation sites (N-methyl/N-ethyl adjacent to an activating group) is 1. The van der Waals surface area contributed by atoms with Crippen LogP contribution in [0.5, 0.6) is 0 Å². The summed E-state index contributed by atoms with van der Waals surface area (Å²) in [4.78, 5) is 22.7. The summed E-state index contributed by atoms with van der Waals surface area (Å²) in [7, 11) is 1.81. The Morgan fingerprint density at radius 2 is 2.04 bits per heavy atom. The molecule has 2 heterocycles. The second kappa shape index (κ2) is 9.01. The highest BCUT2D eigenvalue weighted by Gasteiger charge is 2.18. The molecule has 0 spiro atoms. The number of nitrogens with one attached hydrogen (secondary N) is 1. The molecule has 1 N–H and O–H groups in total. The standard InChI is InChI=1S/C19H26N4O/c1-15(2)13-18(16-7-6-10-20-14-16)22-19(24)23(3)12-9-17-8-4-5-11-21-17/h4-8,10-11,14-15,18H,9,12-13H2,1-3H3,(H,22,24). The first-order valence-corrected chi connectivity index (χ1v) is 8.37. The van der Waals surface area contributed by atoms with Crippen LogP contribution in [0.15, 0.2) is 48.9 Å². The average molecular weight is 326 g/mol. The molecule has 1 atom stereocenters. The van der Waals surface area contributed by atoms with Gasteiger partial charge in [0, 0.05) is 44.3 Å². The topological polar surface area (TPSA) is 58.1 Å². The Morgan fingerprint density at radius 1 is 1.21 bits per heavy atom. The quantitative estimate of drug-likeness (QED) is 0.848. The largest absolute Gasteiger partial charge is 0.331 e. The van der Waals surface area contributed by atoms with Crippen molar-refractivity contribution in [3.63, 3.8) is 0 Å². The lowest BCUT2D eigenvalue weighted by molar-refractivity contribution is 0.203. The SMILES string of the molecule is CC(C)CC(NC(=O)N(C)CCc1ccccn1)c1cccnc1. The summed E-state index contributed by atoms with van der Waals surface area (Å²) in [6.07, 6.45) is 6.96. The van der Waals surface area contributed by atoms with E-state index >= 15 is 0 Å². The Morgan fingerprint density at radius 3 is 2.67 bits per heavy atom. The molecule has 2 aromatic rings. The molecule has 0 saturated carbocycles. The zero-order valence-corrected chi connectivity index (χ0v) is 14.6. The molecular weight excluding hydrogens is 300 g/mol. The number of hydrogen-bond acceptors (Lipinski definition) is 3. The van der Waals surface area contributed by atoms with Crippen molar-refractivity contribution in [1.29, 1.82) is 0 Å². The fraction of sp³-hybridized carbons (Fsp3) is 0.421. The molecule has 2 rings (SSSR count). The zero-order chi connectivity index (χ0) is 17.4. The van der Waals surface area contributed by atoms with Crippen LogP contribution in [0.2, 0.25) is 0 Å². The molecule has 2 amide bonds. The van der Waals surface area contributed by atoms with Gasteiger partial charge in [0.15, 0.2) is 0 Å². The van der Waals surface area contributed by atoms with E-state index in [1.165, 1.54) is 0 Å². The Kier molecular flexibility index (Phi) is 6.73. The first-order valence-electron chi connectivity index (χ1n) is 8.37. The maximum atomic E-state index is 12.5. The van der Waals surface area contributed by atoms with Gasteiger partial charge in [0.25, 0.3) is 0 Å². The summed E-state index contributed by atoms with van der Waals surface area (Å²) in [6.45, 7) is 4.94. The van der Waals surface area contributed by atoms with E-state index in [2.05, 4.69) is 29.1 Å². The molecule has 0 aliphatic rings. The van der Waals surface area contributed by atoms with Gasteiger partial charge in [-0.25, -0.2) is 4.79 Å². The lowest BCUT2D eigenvalue weighted by atomic mass is 9.98. The molecule has 0 aromatic carbocycles. The van der Waals surface area contributed by atoms with E-state index in [9.17, 15) is 4.79 Å². The van der Waals surface area contributed by atoms with E-state index in [-0.39, 0.29) is 12.1 Å². The molecule has 5 heteroatoms. The number of rotatable bonds is 7. The van der Waals surface area contributed by atoms with Gasteiger partial charge in [-0.3, -0.25) is 9.97 Å². The summed E-state index contributed by atoms with van der Waals surface area (Å²) in [6, 6.07) is 9.65. The number of carbonyl (C=O) groups excluding carboxylic acids is 1. The normalized spacial score (nSPS) is 12.0. The minimum absolute atomic E-state index is 0.0245. The number of urea groups is 1. The highest BCUT2D eigenvalue weighted by molar-refractivity contribution is 5.74. The van der Waals surface area contributed by atoms with E-state index in [1.807, 2.05) is 43.6 Å². The van der Waals surface area contributed by atoms with Gasteiger partial charge in [0.2, 0.25) is 0 Å². The Balaban J connectivity index is 1.93. The van der Waals surface area contributed by atoms with E-state index in [4.69, 9.17) is 0 Å². The molecular formula is C19H26N4O. The van der Waals surface area contributed by atoms with Crippen LogP contribution in [0.25, 0.3) is 0 Å². The highest BCUT2D eigenvalue weighted by atomic mass is 16.2. The smallest absolute Gasteiger partial charge is 0.317 e. The number of pyridine rings is 2. The lowest BCUT2D eigenvalue weighted by Crippen LogP contribution is -2.40. The van der Waals surface area contributed by atoms with Gasteiger partial charge in [0.05, 0.1) is 6.04 Å². The molecule has 2 aromatic heterocycles. The lowest BCUT2D eigenvalue weighted by Gasteiger charge is -2.25. The van der Waals surface area contributed by atoms with Crippen molar-refractivity contribution >= 4 is 6.03 Å². The third kappa shape index (κ3) is 5.65. The summed E-state index contributed by atoms with van der Waals surface area (Å²) >= 11 is 0. The average Bonchev–Trinajstić information content (AvgIpc) is 2.60. The Bertz CT molecular complexity index is 616. The van der Waals surface area contributed by atoms with Crippen molar-refractivity contribution in [2.75, 3.05) is 13.6 Å². The van der Waals surface area contributed by atoms with Crippen molar-refractivity contribution < 1.29 is 4.79 Å². The summed E-state index contributed by atoms with van der Waals surface area (Å²) in [5, 5.41) is 3.13. The summed E-state index contributed by atoms with van der Waals surface area (Å²) in [5.41, 5.74) is 2.03. The third-order valence-electron chi connectivity index (χ3n) is 3.87. The molecule has 0 saturated heterocycles. The van der Waals surface area contributed by atoms with E-state index < -0.39 is 0 Å². The van der Waals surface area contributed by atoms with Crippen LogP contribution < -0.4 is 5.32 Å². The first kappa shape index (κ1) is 17.9. The second-order valence-electron chi connectivity index (χ2n) is 6.41. The minimum Gasteiger partial charge on any atom is -0.331 e. The summed E-state index contributed by atoms with van der Waals surface area (Å²) in [5.74, 6) is 0.481. The van der Waals surface area contributed by atoms with Crippen molar-refractivity contribution in [2.24, 2.45) is 5.92 Å². The van der Waals surface area contributed by atoms with Crippen molar-refractivity contribution in [3.8, 4) is 0 Å². The fourth-order valence-corrected chi connectivity index (χ4v) is 2.52. The zero-order valence-electron chi connectivity index (χ0n) is 14.6. The van der Waals surface area contributed by atoms with Crippen LogP contribution in [0.3, 0.4) is 0 Å². The molecule has 5 nitrogen and oxygen atoms in total. The molecule has 0 bridgehead atoms. The van der Waals surface area contributed by atoms with Crippen LogP contribution in [0.1, 0.15) is 37.6 Å². The molecule has 24 heavy (non-hydrogen) atoms. The van der Waals surface area contributed by atoms with Gasteiger partial charge in [-0.2, -0.15) is 0 Å². The fourth-order valence-electron chi connectivity index (χ4n) is 2.52. The van der Waals surface area contributed by atoms with Crippen molar-refractivity contribution in [1.82, 2.24) is 20.2 Å². The number of carbonyl (C=O) groups is 1. The Hall–Kier alpha value is -2.43. The predicted molar refractivity (Wildman–Crippen MR) is 95.5 cm³/mol. The van der Waals surface area contributed by atoms with Crippen LogP contribution in [0.4, 0.5) is 4.79 Å². The number of amides is 2. The van der Waals surface area contributed by atoms with Gasteiger partial charge in [-0.15, -0.1) is 0 Å². The van der Waals surface area contributed by atoms with Gasteiger partial charge in [-0.05, 0) is 36.1 Å². The van der Waals surface area contributed by atoms with Gasteiger partial charge < -0.3 is 10.2 Å². The van der Waals surface area contributed by atoms with E-state index in [0.29, 0.717) is 12.5 Å². The number of nitrogens with zero attached hydrogens (tertiary/aromatic N) is 3. The maximum Gasteiger partial charge on any atom is 0.317 e.